The number of hydrogen-bond donors (Lipinski definition) is 2. The molecule has 1 fully saturated rings. The third kappa shape index (κ3) is 5.39. The monoisotopic (exact) mass is 591 g/mol. The summed E-state index contributed by atoms with van der Waals surface area (Å²) in [5.74, 6) is 0.278. The molecule has 218 valence electrons. The SMILES string of the molecule is CC1(C)CC2CC(c3ccccc3)CNc3cccc(n3)S(=O)(=O)NC(=O)c3ccc(-n4ccc(OF)n4)nc3N1C2. The van der Waals surface area contributed by atoms with Crippen molar-refractivity contribution in [3.63, 3.8) is 0 Å². The third-order valence-corrected chi connectivity index (χ3v) is 9.08. The first kappa shape index (κ1) is 27.6. The predicted molar refractivity (Wildman–Crippen MR) is 154 cm³/mol. The summed E-state index contributed by atoms with van der Waals surface area (Å²) in [6.07, 6.45) is 3.14. The van der Waals surface area contributed by atoms with Gasteiger partial charge in [-0.1, -0.05) is 36.4 Å². The van der Waals surface area contributed by atoms with Gasteiger partial charge in [-0.25, -0.2) is 19.4 Å². The molecular weight excluding hydrogens is 561 g/mol. The van der Waals surface area contributed by atoms with Crippen LogP contribution in [0.25, 0.3) is 5.82 Å². The maximum Gasteiger partial charge on any atom is 0.281 e. The summed E-state index contributed by atoms with van der Waals surface area (Å²) >= 11 is 0. The minimum Gasteiger partial charge on any atom is -0.369 e. The number of sulfonamides is 1. The number of halogens is 1. The van der Waals surface area contributed by atoms with Crippen molar-refractivity contribution in [1.82, 2.24) is 24.5 Å². The topological polar surface area (TPSA) is 131 Å². The molecule has 4 bridgehead atoms. The van der Waals surface area contributed by atoms with Crippen molar-refractivity contribution < 1.29 is 22.7 Å². The summed E-state index contributed by atoms with van der Waals surface area (Å²) in [4.78, 5) is 28.4. The van der Waals surface area contributed by atoms with Crippen LogP contribution in [0.2, 0.25) is 0 Å². The van der Waals surface area contributed by atoms with Gasteiger partial charge in [-0.05, 0) is 62.4 Å². The number of hydrogen-bond acceptors (Lipinski definition) is 9. The van der Waals surface area contributed by atoms with Gasteiger partial charge in [-0.2, -0.15) is 8.42 Å². The van der Waals surface area contributed by atoms with Gasteiger partial charge >= 0.3 is 0 Å². The van der Waals surface area contributed by atoms with Gasteiger partial charge in [0.15, 0.2) is 10.8 Å². The van der Waals surface area contributed by atoms with Crippen LogP contribution in [0.1, 0.15) is 48.5 Å². The van der Waals surface area contributed by atoms with E-state index in [1.807, 2.05) is 23.1 Å². The Morgan fingerprint density at radius 3 is 2.60 bits per heavy atom. The molecule has 6 rings (SSSR count). The van der Waals surface area contributed by atoms with Crippen LogP contribution in [0, 0.1) is 5.92 Å². The lowest BCUT2D eigenvalue weighted by Crippen LogP contribution is -2.41. The van der Waals surface area contributed by atoms with E-state index in [9.17, 15) is 17.7 Å². The van der Waals surface area contributed by atoms with Crippen LogP contribution in [-0.4, -0.2) is 52.7 Å². The van der Waals surface area contributed by atoms with Gasteiger partial charge in [0.2, 0.25) is 0 Å². The van der Waals surface area contributed by atoms with Crippen LogP contribution in [0.15, 0.2) is 78.0 Å². The van der Waals surface area contributed by atoms with Crippen molar-refractivity contribution >= 4 is 27.6 Å². The molecule has 2 N–H and O–H groups in total. The van der Waals surface area contributed by atoms with E-state index < -0.39 is 21.5 Å². The maximum absolute atomic E-state index is 13.6. The second-order valence-corrected chi connectivity index (χ2v) is 12.9. The van der Waals surface area contributed by atoms with E-state index in [4.69, 9.17) is 4.98 Å². The van der Waals surface area contributed by atoms with Crippen molar-refractivity contribution in [2.24, 2.45) is 5.92 Å². The highest BCUT2D eigenvalue weighted by Crippen LogP contribution is 2.41. The zero-order valence-corrected chi connectivity index (χ0v) is 23.9. The summed E-state index contributed by atoms with van der Waals surface area (Å²) in [5, 5.41) is 7.05. The molecule has 11 nitrogen and oxygen atoms in total. The molecule has 0 spiro atoms. The van der Waals surface area contributed by atoms with Crippen molar-refractivity contribution in [3.05, 3.63) is 84.1 Å². The van der Waals surface area contributed by atoms with Gasteiger partial charge in [0, 0.05) is 41.3 Å². The quantitative estimate of drug-likeness (QED) is 0.359. The van der Waals surface area contributed by atoms with Crippen LogP contribution in [0.4, 0.5) is 16.2 Å². The molecule has 5 heterocycles. The second-order valence-electron chi connectivity index (χ2n) is 11.2. The highest BCUT2D eigenvalue weighted by molar-refractivity contribution is 7.90. The number of nitrogens with zero attached hydrogens (tertiary/aromatic N) is 5. The molecule has 1 amide bonds. The lowest BCUT2D eigenvalue weighted by molar-refractivity contribution is -0.0122. The summed E-state index contributed by atoms with van der Waals surface area (Å²) < 4.78 is 42.8. The Morgan fingerprint density at radius 2 is 1.83 bits per heavy atom. The van der Waals surface area contributed by atoms with Crippen LogP contribution in [-0.2, 0) is 10.0 Å². The first-order valence-electron chi connectivity index (χ1n) is 13.6. The Labute approximate surface area is 242 Å². The zero-order valence-electron chi connectivity index (χ0n) is 23.1. The van der Waals surface area contributed by atoms with Crippen molar-refractivity contribution in [3.8, 4) is 11.7 Å². The first-order valence-corrected chi connectivity index (χ1v) is 15.1. The molecule has 0 radical (unpaired) electrons. The van der Waals surface area contributed by atoms with E-state index in [0.29, 0.717) is 30.5 Å². The second kappa shape index (κ2) is 10.7. The Kier molecular flexibility index (Phi) is 7.05. The highest BCUT2D eigenvalue weighted by Gasteiger charge is 2.42. The average molecular weight is 592 g/mol. The van der Waals surface area contributed by atoms with Gasteiger partial charge in [0.1, 0.15) is 11.6 Å². The number of benzene rings is 1. The molecular formula is C29H30FN7O4S. The van der Waals surface area contributed by atoms with Gasteiger partial charge in [0.05, 0.1) is 5.56 Å². The standard InChI is InChI=1S/C29H30FN7O4S/c1-29(2)16-19-15-21(20-7-4-3-5-8-20)17-31-23-9-6-10-26(32-23)42(39,40)35-28(38)22-11-12-24(33-27(22)36(29)18-19)37-14-13-25(34-37)41-30/h3-14,19,21H,15-18H2,1-2H3,(H,31,32)(H,35,38). The molecule has 1 aromatic carbocycles. The van der Waals surface area contributed by atoms with Crippen molar-refractivity contribution in [1.29, 1.82) is 0 Å². The van der Waals surface area contributed by atoms with E-state index in [1.165, 1.54) is 35.1 Å². The molecule has 3 aromatic heterocycles. The number of rotatable bonds is 3. The van der Waals surface area contributed by atoms with Gasteiger partial charge in [-0.3, -0.25) is 9.74 Å². The van der Waals surface area contributed by atoms with E-state index in [1.54, 1.807) is 12.1 Å². The Hall–Kier alpha value is -4.52. The van der Waals surface area contributed by atoms with Gasteiger partial charge in [0.25, 0.3) is 21.8 Å². The van der Waals surface area contributed by atoms with Crippen LogP contribution in [0.5, 0.6) is 5.88 Å². The van der Waals surface area contributed by atoms with E-state index in [2.05, 4.69) is 51.0 Å². The number of fused-ring (bicyclic) bond motifs is 6. The van der Waals surface area contributed by atoms with Crippen molar-refractivity contribution in [2.75, 3.05) is 23.3 Å². The Morgan fingerprint density at radius 1 is 1.02 bits per heavy atom. The number of aromatic nitrogens is 4. The van der Waals surface area contributed by atoms with E-state index in [0.717, 1.165) is 18.4 Å². The van der Waals surface area contributed by atoms with E-state index >= 15 is 0 Å². The fourth-order valence-electron chi connectivity index (χ4n) is 5.93. The number of pyridine rings is 2. The highest BCUT2D eigenvalue weighted by atomic mass is 32.2. The molecule has 4 aromatic rings. The van der Waals surface area contributed by atoms with Crippen LogP contribution in [0.3, 0.4) is 0 Å². The fraction of sp³-hybridized carbons (Fsp3) is 0.310. The molecule has 1 saturated heterocycles. The smallest absolute Gasteiger partial charge is 0.281 e. The molecule has 0 saturated carbocycles. The van der Waals surface area contributed by atoms with Gasteiger partial charge in [-0.15, -0.1) is 5.10 Å². The van der Waals surface area contributed by atoms with Crippen LogP contribution >= 0.6 is 0 Å². The minimum absolute atomic E-state index is 0.0777. The van der Waals surface area contributed by atoms with Gasteiger partial charge < -0.3 is 10.2 Å². The average Bonchev–Trinajstić information content (AvgIpc) is 3.58. The van der Waals surface area contributed by atoms with Crippen LogP contribution < -0.4 is 19.9 Å². The molecule has 2 atom stereocenters. The number of anilines is 2. The fourth-order valence-corrected chi connectivity index (χ4v) is 6.86. The van der Waals surface area contributed by atoms with Crippen molar-refractivity contribution in [2.45, 2.75) is 43.2 Å². The summed E-state index contributed by atoms with van der Waals surface area (Å²) in [7, 11) is -4.31. The third-order valence-electron chi connectivity index (χ3n) is 7.84. The minimum atomic E-state index is -4.31. The number of amides is 1. The molecule has 2 unspecified atom stereocenters. The Balaban J connectivity index is 1.47. The summed E-state index contributed by atoms with van der Waals surface area (Å²) in [6.45, 7) is 5.29. The molecule has 2 aliphatic heterocycles. The Bertz CT molecular complexity index is 1730. The molecule has 42 heavy (non-hydrogen) atoms. The number of carbonyl (C=O) groups is 1. The summed E-state index contributed by atoms with van der Waals surface area (Å²) in [6, 6.07) is 19.2. The number of nitrogens with one attached hydrogen (secondary N) is 2. The predicted octanol–water partition coefficient (Wildman–Crippen LogP) is 4.25. The molecule has 13 heteroatoms. The lowest BCUT2D eigenvalue weighted by Gasteiger charge is -2.34. The molecule has 0 aliphatic carbocycles. The first-order chi connectivity index (χ1) is 20.1. The molecule has 2 aliphatic rings. The maximum atomic E-state index is 13.6. The zero-order chi connectivity index (χ0) is 29.5. The largest absolute Gasteiger partial charge is 0.369 e. The number of carbonyl (C=O) groups excluding carboxylic acids is 1. The van der Waals surface area contributed by atoms with E-state index in [-0.39, 0.29) is 28.3 Å². The normalized spacial score (nSPS) is 21.3. The lowest BCUT2D eigenvalue weighted by atomic mass is 9.85. The summed E-state index contributed by atoms with van der Waals surface area (Å²) in [5.41, 5.74) is 0.824.